The van der Waals surface area contributed by atoms with Gasteiger partial charge < -0.3 is 15.4 Å². The molecule has 0 spiro atoms. The summed E-state index contributed by atoms with van der Waals surface area (Å²) < 4.78 is 0.456. The molecule has 0 bridgehead atoms. The maximum atomic E-state index is 11.2. The van der Waals surface area contributed by atoms with Crippen LogP contribution in [0.2, 0.25) is 0 Å². The highest BCUT2D eigenvalue weighted by atomic mass is 79.9. The van der Waals surface area contributed by atoms with E-state index in [2.05, 4.69) is 20.9 Å². The molecule has 0 fully saturated rings. The van der Waals surface area contributed by atoms with Crippen LogP contribution in [0.25, 0.3) is 0 Å². The third kappa shape index (κ3) is 5.10. The Bertz CT molecular complexity index is 651. The second-order valence-corrected chi connectivity index (χ2v) is 5.76. The summed E-state index contributed by atoms with van der Waals surface area (Å²) in [5.41, 5.74) is 1.02. The molecule has 1 aromatic heterocycles. The van der Waals surface area contributed by atoms with Crippen molar-refractivity contribution in [2.24, 2.45) is 5.34 Å². The van der Waals surface area contributed by atoms with Crippen molar-refractivity contribution >= 4 is 33.7 Å². The lowest BCUT2D eigenvalue weighted by Gasteiger charge is -2.07. The third-order valence-corrected chi connectivity index (χ3v) is 4.05. The molecule has 0 unspecified atom stereocenters. The molecule has 1 aromatic carbocycles. The van der Waals surface area contributed by atoms with E-state index in [1.807, 2.05) is 12.1 Å². The fourth-order valence-electron chi connectivity index (χ4n) is 1.49. The van der Waals surface area contributed by atoms with Gasteiger partial charge in [-0.1, -0.05) is 23.9 Å². The Kier molecular flexibility index (Phi) is 7.50. The molecule has 0 saturated carbocycles. The first-order valence-electron chi connectivity index (χ1n) is 5.74. The van der Waals surface area contributed by atoms with Crippen LogP contribution < -0.4 is 0 Å². The normalized spacial score (nSPS) is 9.55. The Morgan fingerprint density at radius 1 is 1.27 bits per heavy atom. The molecule has 2 rings (SSSR count). The summed E-state index contributed by atoms with van der Waals surface area (Å²) in [5.74, 6) is -0.997. The van der Waals surface area contributed by atoms with E-state index in [4.69, 9.17) is 15.2 Å². The number of carboxylic acids is 1. The zero-order valence-corrected chi connectivity index (χ0v) is 13.4. The van der Waals surface area contributed by atoms with Gasteiger partial charge in [0.15, 0.2) is 5.34 Å². The molecule has 1 heterocycles. The van der Waals surface area contributed by atoms with Gasteiger partial charge in [0.2, 0.25) is 0 Å². The predicted molar refractivity (Wildman–Crippen MR) is 83.0 cm³/mol. The van der Waals surface area contributed by atoms with Crippen molar-refractivity contribution in [1.82, 2.24) is 4.98 Å². The number of aliphatic hydroxyl groups is 1. The van der Waals surface area contributed by atoms with Crippen molar-refractivity contribution in [3.8, 4) is 0 Å². The predicted octanol–water partition coefficient (Wildman–Crippen LogP) is 3.33. The van der Waals surface area contributed by atoms with E-state index >= 15 is 0 Å². The highest BCUT2D eigenvalue weighted by molar-refractivity contribution is 9.10. The standard InChI is InChI=1S/C13H10BrNO3S.HNO2/c14-10-5-15-6-11(12(10)13(17)18)19-9-3-1-8(7-16)2-4-9;2-1-3/h1-6,16H,7H2,(H,17,18);(H,2,3). The van der Waals surface area contributed by atoms with Crippen molar-refractivity contribution in [1.29, 1.82) is 0 Å². The summed E-state index contributed by atoms with van der Waals surface area (Å²) in [6.07, 6.45) is 2.99. The Hall–Kier alpha value is -1.97. The average molecular weight is 387 g/mol. The third-order valence-electron chi connectivity index (χ3n) is 2.41. The largest absolute Gasteiger partial charge is 0.478 e. The number of hydrogen-bond acceptors (Lipinski definition) is 6. The second-order valence-electron chi connectivity index (χ2n) is 3.79. The van der Waals surface area contributed by atoms with Crippen molar-refractivity contribution in [2.75, 3.05) is 0 Å². The quantitative estimate of drug-likeness (QED) is 0.544. The number of carboxylic acid groups (broad SMARTS) is 1. The summed E-state index contributed by atoms with van der Waals surface area (Å²) in [6.45, 7) is -0.0102. The highest BCUT2D eigenvalue weighted by Gasteiger charge is 2.15. The number of aromatic carboxylic acids is 1. The molecule has 0 aliphatic heterocycles. The first-order valence-corrected chi connectivity index (χ1v) is 7.35. The van der Waals surface area contributed by atoms with E-state index < -0.39 is 5.97 Å². The van der Waals surface area contributed by atoms with Crippen molar-refractivity contribution in [3.05, 3.63) is 57.2 Å². The van der Waals surface area contributed by atoms with Gasteiger partial charge in [-0.2, -0.15) is 0 Å². The number of pyridine rings is 1. The van der Waals surface area contributed by atoms with Crippen LogP contribution in [0, 0.1) is 4.91 Å². The second kappa shape index (κ2) is 9.13. The summed E-state index contributed by atoms with van der Waals surface area (Å²) in [4.78, 5) is 24.8. The van der Waals surface area contributed by atoms with Crippen molar-refractivity contribution in [3.63, 3.8) is 0 Å². The van der Waals surface area contributed by atoms with Crippen LogP contribution in [-0.4, -0.2) is 26.4 Å². The molecule has 0 atom stereocenters. The fraction of sp³-hybridized carbons (Fsp3) is 0.0769. The van der Waals surface area contributed by atoms with Gasteiger partial charge in [-0.05, 0) is 33.6 Å². The monoisotopic (exact) mass is 386 g/mol. The van der Waals surface area contributed by atoms with E-state index in [1.54, 1.807) is 12.1 Å². The molecular weight excluding hydrogens is 376 g/mol. The van der Waals surface area contributed by atoms with Crippen LogP contribution in [0.15, 0.2) is 56.3 Å². The maximum Gasteiger partial charge on any atom is 0.338 e. The molecule has 0 aliphatic rings. The molecule has 9 heteroatoms. The lowest BCUT2D eigenvalue weighted by atomic mass is 10.2. The fourth-order valence-corrected chi connectivity index (χ4v) is 3.06. The summed E-state index contributed by atoms with van der Waals surface area (Å²) in [7, 11) is 0. The molecule has 22 heavy (non-hydrogen) atoms. The lowest BCUT2D eigenvalue weighted by molar-refractivity contribution is 0.0692. The van der Waals surface area contributed by atoms with Crippen LogP contribution in [0.5, 0.6) is 0 Å². The zero-order valence-electron chi connectivity index (χ0n) is 11.0. The van der Waals surface area contributed by atoms with Gasteiger partial charge in [0.25, 0.3) is 0 Å². The van der Waals surface area contributed by atoms with E-state index in [-0.39, 0.29) is 12.2 Å². The number of benzene rings is 1. The maximum absolute atomic E-state index is 11.2. The van der Waals surface area contributed by atoms with E-state index in [0.717, 1.165) is 10.5 Å². The average Bonchev–Trinajstić information content (AvgIpc) is 2.48. The number of nitrogens with zero attached hydrogens (tertiary/aromatic N) is 2. The first-order chi connectivity index (χ1) is 10.5. The van der Waals surface area contributed by atoms with Crippen LogP contribution in [0.3, 0.4) is 0 Å². The molecule has 7 nitrogen and oxygen atoms in total. The van der Waals surface area contributed by atoms with Crippen molar-refractivity contribution in [2.45, 2.75) is 16.4 Å². The van der Waals surface area contributed by atoms with Gasteiger partial charge in [0.1, 0.15) is 0 Å². The van der Waals surface area contributed by atoms with Crippen molar-refractivity contribution < 1.29 is 20.2 Å². The zero-order chi connectivity index (χ0) is 16.5. The number of hydrogen-bond donors (Lipinski definition) is 3. The van der Waals surface area contributed by atoms with E-state index in [0.29, 0.717) is 9.37 Å². The molecule has 0 aliphatic carbocycles. The molecular formula is C13H11BrN2O5S. The number of halogens is 1. The molecule has 0 saturated heterocycles. The van der Waals surface area contributed by atoms with Crippen LogP contribution in [-0.2, 0) is 6.61 Å². The molecule has 116 valence electrons. The molecule has 0 amide bonds. The minimum absolute atomic E-state index is 0.0102. The van der Waals surface area contributed by atoms with Crippen LogP contribution in [0.1, 0.15) is 15.9 Å². The van der Waals surface area contributed by atoms with E-state index in [9.17, 15) is 9.90 Å². The Labute approximate surface area is 138 Å². The van der Waals surface area contributed by atoms with Gasteiger partial charge >= 0.3 is 5.97 Å². The highest BCUT2D eigenvalue weighted by Crippen LogP contribution is 2.33. The van der Waals surface area contributed by atoms with Gasteiger partial charge in [0.05, 0.1) is 16.6 Å². The van der Waals surface area contributed by atoms with Crippen LogP contribution in [0.4, 0.5) is 0 Å². The molecule has 0 radical (unpaired) electrons. The number of carbonyl (C=O) groups is 1. The first kappa shape index (κ1) is 18.1. The Morgan fingerprint density at radius 3 is 2.36 bits per heavy atom. The summed E-state index contributed by atoms with van der Waals surface area (Å²) >= 11 is 4.52. The Balaban J connectivity index is 0.000000745. The summed E-state index contributed by atoms with van der Waals surface area (Å²) in [5, 5.41) is 26.1. The number of aliphatic hydroxyl groups excluding tert-OH is 1. The smallest absolute Gasteiger partial charge is 0.338 e. The Morgan fingerprint density at radius 2 is 1.86 bits per heavy atom. The molecule has 2 aromatic rings. The molecule has 3 N–H and O–H groups in total. The van der Waals surface area contributed by atoms with Gasteiger partial charge in [-0.3, -0.25) is 4.98 Å². The SMILES string of the molecule is O=C(O)c1c(Br)cncc1Sc1ccc(CO)cc1.O=NO. The minimum atomic E-state index is -0.997. The topological polar surface area (TPSA) is 120 Å². The van der Waals surface area contributed by atoms with Gasteiger partial charge in [0, 0.05) is 22.2 Å². The van der Waals surface area contributed by atoms with E-state index in [1.165, 1.54) is 29.5 Å². The van der Waals surface area contributed by atoms with Gasteiger partial charge in [-0.25, -0.2) is 4.79 Å². The summed E-state index contributed by atoms with van der Waals surface area (Å²) in [6, 6.07) is 7.27. The van der Waals surface area contributed by atoms with Crippen LogP contribution >= 0.6 is 27.7 Å². The number of rotatable bonds is 4. The number of aromatic nitrogens is 1. The van der Waals surface area contributed by atoms with Gasteiger partial charge in [-0.15, -0.1) is 4.91 Å². The minimum Gasteiger partial charge on any atom is -0.478 e. The lowest BCUT2D eigenvalue weighted by Crippen LogP contribution is -2.01.